The molecule has 100 valence electrons. The Morgan fingerprint density at radius 2 is 2.22 bits per heavy atom. The topological polar surface area (TPSA) is 38.3 Å². The van der Waals surface area contributed by atoms with Crippen molar-refractivity contribution in [2.24, 2.45) is 0 Å². The van der Waals surface area contributed by atoms with Crippen LogP contribution in [0.4, 0.5) is 0 Å². The minimum atomic E-state index is 0.0491. The predicted molar refractivity (Wildman–Crippen MR) is 77.7 cm³/mol. The van der Waals surface area contributed by atoms with Crippen molar-refractivity contribution in [2.45, 2.75) is 24.5 Å². The highest BCUT2D eigenvalue weighted by atomic mass is 32.2. The van der Waals surface area contributed by atoms with Gasteiger partial charge in [-0.2, -0.15) is 11.8 Å². The zero-order valence-electron chi connectivity index (χ0n) is 10.8. The molecule has 0 bridgehead atoms. The van der Waals surface area contributed by atoms with Crippen LogP contribution in [0.15, 0.2) is 12.1 Å². The summed E-state index contributed by atoms with van der Waals surface area (Å²) in [6, 6.07) is 3.88. The van der Waals surface area contributed by atoms with Gasteiger partial charge in [-0.1, -0.05) is 0 Å². The van der Waals surface area contributed by atoms with Gasteiger partial charge in [0.25, 0.3) is 5.91 Å². The van der Waals surface area contributed by atoms with Crippen molar-refractivity contribution < 1.29 is 9.53 Å². The van der Waals surface area contributed by atoms with E-state index in [-0.39, 0.29) is 10.7 Å². The van der Waals surface area contributed by atoms with Crippen LogP contribution < -0.4 is 5.32 Å². The molecule has 5 heteroatoms. The van der Waals surface area contributed by atoms with Gasteiger partial charge in [0.2, 0.25) is 0 Å². The Labute approximate surface area is 116 Å². The van der Waals surface area contributed by atoms with Crippen LogP contribution in [0, 0.1) is 6.92 Å². The Hall–Kier alpha value is -0.520. The van der Waals surface area contributed by atoms with E-state index in [4.69, 9.17) is 4.74 Å². The number of amides is 1. The molecule has 2 heterocycles. The molecule has 0 aromatic carbocycles. The van der Waals surface area contributed by atoms with Crippen molar-refractivity contribution in [1.82, 2.24) is 5.32 Å². The summed E-state index contributed by atoms with van der Waals surface area (Å²) in [6.45, 7) is 4.35. The zero-order chi connectivity index (χ0) is 13.0. The molecule has 2 rings (SSSR count). The van der Waals surface area contributed by atoms with Crippen molar-refractivity contribution in [2.75, 3.05) is 26.0 Å². The highest BCUT2D eigenvalue weighted by molar-refractivity contribution is 8.00. The van der Waals surface area contributed by atoms with Crippen LogP contribution in [0.2, 0.25) is 0 Å². The maximum absolute atomic E-state index is 12.0. The quantitative estimate of drug-likeness (QED) is 0.924. The Balaban J connectivity index is 1.91. The van der Waals surface area contributed by atoms with Crippen LogP contribution in [0.5, 0.6) is 0 Å². The van der Waals surface area contributed by atoms with E-state index in [1.807, 2.05) is 30.8 Å². The molecule has 0 spiro atoms. The van der Waals surface area contributed by atoms with E-state index >= 15 is 0 Å². The predicted octanol–water partition coefficient (Wildman–Crippen LogP) is 2.70. The summed E-state index contributed by atoms with van der Waals surface area (Å²) < 4.78 is 5.55. The van der Waals surface area contributed by atoms with Crippen LogP contribution in [0.3, 0.4) is 0 Å². The molecule has 18 heavy (non-hydrogen) atoms. The van der Waals surface area contributed by atoms with Gasteiger partial charge in [-0.3, -0.25) is 4.79 Å². The van der Waals surface area contributed by atoms with E-state index in [2.05, 4.69) is 11.6 Å². The molecule has 1 amide bonds. The number of nitrogens with one attached hydrogen (secondary N) is 1. The van der Waals surface area contributed by atoms with Crippen molar-refractivity contribution in [3.63, 3.8) is 0 Å². The summed E-state index contributed by atoms with van der Waals surface area (Å²) >= 11 is 3.39. The van der Waals surface area contributed by atoms with Gasteiger partial charge in [0.1, 0.15) is 0 Å². The van der Waals surface area contributed by atoms with Gasteiger partial charge in [0, 0.05) is 29.4 Å². The third kappa shape index (κ3) is 3.28. The van der Waals surface area contributed by atoms with E-state index in [0.717, 1.165) is 37.5 Å². The SMILES string of the molecule is CSC1(CNC(=O)c2ccc(C)s2)CCOCC1. The first-order valence-corrected chi connectivity index (χ1v) is 8.17. The highest BCUT2D eigenvalue weighted by Crippen LogP contribution is 2.33. The molecule has 1 aliphatic rings. The second-order valence-electron chi connectivity index (χ2n) is 4.59. The number of ether oxygens (including phenoxy) is 1. The van der Waals surface area contributed by atoms with E-state index in [1.54, 1.807) is 11.3 Å². The van der Waals surface area contributed by atoms with Gasteiger partial charge in [-0.05, 0) is 38.2 Å². The number of hydrogen-bond acceptors (Lipinski definition) is 4. The summed E-state index contributed by atoms with van der Waals surface area (Å²) in [5, 5.41) is 3.07. The molecule has 1 N–H and O–H groups in total. The third-order valence-corrected chi connectivity index (χ3v) is 5.79. The van der Waals surface area contributed by atoms with Gasteiger partial charge in [-0.15, -0.1) is 11.3 Å². The molecule has 1 aliphatic heterocycles. The van der Waals surface area contributed by atoms with Crippen molar-refractivity contribution in [1.29, 1.82) is 0 Å². The summed E-state index contributed by atoms with van der Waals surface area (Å²) in [5.74, 6) is 0.0491. The largest absolute Gasteiger partial charge is 0.381 e. The maximum atomic E-state index is 12.0. The van der Waals surface area contributed by atoms with E-state index in [9.17, 15) is 4.79 Å². The van der Waals surface area contributed by atoms with E-state index < -0.39 is 0 Å². The lowest BCUT2D eigenvalue weighted by Crippen LogP contribution is -2.44. The van der Waals surface area contributed by atoms with E-state index in [1.165, 1.54) is 4.88 Å². The zero-order valence-corrected chi connectivity index (χ0v) is 12.5. The monoisotopic (exact) mass is 285 g/mol. The summed E-state index contributed by atoms with van der Waals surface area (Å²) in [5.41, 5.74) is 0. The summed E-state index contributed by atoms with van der Waals surface area (Å²) in [6.07, 6.45) is 4.14. The first kappa shape index (κ1) is 13.9. The number of thiophene rings is 1. The molecule has 0 radical (unpaired) electrons. The Morgan fingerprint density at radius 3 is 2.78 bits per heavy atom. The minimum absolute atomic E-state index is 0.0491. The lowest BCUT2D eigenvalue weighted by molar-refractivity contribution is 0.0743. The van der Waals surface area contributed by atoms with Crippen molar-refractivity contribution in [3.05, 3.63) is 21.9 Å². The van der Waals surface area contributed by atoms with Gasteiger partial charge in [-0.25, -0.2) is 0 Å². The summed E-state index contributed by atoms with van der Waals surface area (Å²) in [7, 11) is 0. The fourth-order valence-corrected chi connectivity index (χ4v) is 3.66. The summed E-state index contributed by atoms with van der Waals surface area (Å²) in [4.78, 5) is 14.0. The Bertz CT molecular complexity index is 411. The standard InChI is InChI=1S/C13H19NO2S2/c1-10-3-4-11(18-10)12(15)14-9-13(17-2)5-7-16-8-6-13/h3-4H,5-9H2,1-2H3,(H,14,15). The number of rotatable bonds is 4. The second kappa shape index (κ2) is 6.08. The molecule has 1 aromatic rings. The van der Waals surface area contributed by atoms with Gasteiger partial charge < -0.3 is 10.1 Å². The normalized spacial score (nSPS) is 18.6. The minimum Gasteiger partial charge on any atom is -0.381 e. The molecule has 1 saturated heterocycles. The molecule has 3 nitrogen and oxygen atoms in total. The first-order chi connectivity index (χ1) is 8.65. The first-order valence-electron chi connectivity index (χ1n) is 6.13. The number of carbonyl (C=O) groups excluding carboxylic acids is 1. The van der Waals surface area contributed by atoms with Gasteiger partial charge in [0.15, 0.2) is 0 Å². The molecule has 0 atom stereocenters. The highest BCUT2D eigenvalue weighted by Gasteiger charge is 2.32. The third-order valence-electron chi connectivity index (χ3n) is 3.37. The van der Waals surface area contributed by atoms with Crippen molar-refractivity contribution >= 4 is 29.0 Å². The molecule has 0 saturated carbocycles. The molecule has 0 unspecified atom stereocenters. The number of carbonyl (C=O) groups is 1. The number of aryl methyl sites for hydroxylation is 1. The number of hydrogen-bond donors (Lipinski definition) is 1. The fraction of sp³-hybridized carbons (Fsp3) is 0.615. The molecular formula is C13H19NO2S2. The molecule has 0 aliphatic carbocycles. The smallest absolute Gasteiger partial charge is 0.261 e. The van der Waals surface area contributed by atoms with Crippen LogP contribution in [0.1, 0.15) is 27.4 Å². The van der Waals surface area contributed by atoms with Crippen LogP contribution >= 0.6 is 23.1 Å². The average Bonchev–Trinajstić information content (AvgIpc) is 2.84. The van der Waals surface area contributed by atoms with Crippen LogP contribution in [-0.2, 0) is 4.74 Å². The number of thioether (sulfide) groups is 1. The molecule has 1 aromatic heterocycles. The molecular weight excluding hydrogens is 266 g/mol. The van der Waals surface area contributed by atoms with E-state index in [0.29, 0.717) is 0 Å². The lowest BCUT2D eigenvalue weighted by Gasteiger charge is -2.35. The maximum Gasteiger partial charge on any atom is 0.261 e. The Morgan fingerprint density at radius 1 is 1.50 bits per heavy atom. The van der Waals surface area contributed by atoms with Crippen LogP contribution in [0.25, 0.3) is 0 Å². The van der Waals surface area contributed by atoms with Crippen molar-refractivity contribution in [3.8, 4) is 0 Å². The fourth-order valence-electron chi connectivity index (χ4n) is 2.08. The Kier molecular flexibility index (Phi) is 4.70. The van der Waals surface area contributed by atoms with Crippen LogP contribution in [-0.4, -0.2) is 36.7 Å². The second-order valence-corrected chi connectivity index (χ2v) is 7.15. The van der Waals surface area contributed by atoms with Gasteiger partial charge in [0.05, 0.1) is 4.88 Å². The van der Waals surface area contributed by atoms with Gasteiger partial charge >= 0.3 is 0 Å². The average molecular weight is 285 g/mol. The lowest BCUT2D eigenvalue weighted by atomic mass is 9.99. The molecule has 1 fully saturated rings.